The van der Waals surface area contributed by atoms with Gasteiger partial charge in [-0.05, 0) is 49.9 Å². The van der Waals surface area contributed by atoms with Crippen molar-refractivity contribution in [2.45, 2.75) is 69.9 Å². The van der Waals surface area contributed by atoms with Gasteiger partial charge in [0, 0.05) is 34.9 Å². The van der Waals surface area contributed by atoms with Crippen LogP contribution in [0, 0.1) is 11.3 Å². The first-order valence-corrected chi connectivity index (χ1v) is 9.90. The second kappa shape index (κ2) is 5.78. The SMILES string of the molecule is CS(=O)CC1(C2CCCCC2)CC2CCC(C1)N2C=O. The van der Waals surface area contributed by atoms with E-state index in [1.165, 1.54) is 32.1 Å². The molecule has 3 aliphatic rings. The zero-order valence-corrected chi connectivity index (χ0v) is 13.4. The minimum absolute atomic E-state index is 0.255. The summed E-state index contributed by atoms with van der Waals surface area (Å²) in [7, 11) is -0.726. The first-order chi connectivity index (χ1) is 9.64. The fraction of sp³-hybridized carbons (Fsp3) is 0.938. The summed E-state index contributed by atoms with van der Waals surface area (Å²) in [6.07, 6.45) is 14.1. The van der Waals surface area contributed by atoms with Gasteiger partial charge in [-0.2, -0.15) is 0 Å². The lowest BCUT2D eigenvalue weighted by Gasteiger charge is -2.50. The molecule has 20 heavy (non-hydrogen) atoms. The Labute approximate surface area is 124 Å². The molecule has 0 aromatic heterocycles. The molecule has 4 heteroatoms. The van der Waals surface area contributed by atoms with Crippen LogP contribution in [0.25, 0.3) is 0 Å². The second-order valence-electron chi connectivity index (χ2n) is 7.26. The van der Waals surface area contributed by atoms with Gasteiger partial charge in [0.25, 0.3) is 0 Å². The van der Waals surface area contributed by atoms with E-state index in [0.717, 1.165) is 43.8 Å². The van der Waals surface area contributed by atoms with E-state index in [2.05, 4.69) is 4.90 Å². The Hall–Kier alpha value is -0.380. The molecule has 0 radical (unpaired) electrons. The smallest absolute Gasteiger partial charge is 0.210 e. The molecular formula is C16H27NO2S. The molecule has 2 bridgehead atoms. The van der Waals surface area contributed by atoms with Crippen LogP contribution in [0.2, 0.25) is 0 Å². The van der Waals surface area contributed by atoms with Crippen molar-refractivity contribution in [3.05, 3.63) is 0 Å². The summed E-state index contributed by atoms with van der Waals surface area (Å²) in [4.78, 5) is 13.4. The molecule has 2 heterocycles. The van der Waals surface area contributed by atoms with Crippen molar-refractivity contribution in [3.8, 4) is 0 Å². The van der Waals surface area contributed by atoms with Crippen LogP contribution in [0.5, 0.6) is 0 Å². The van der Waals surface area contributed by atoms with Gasteiger partial charge < -0.3 is 4.90 Å². The number of carbonyl (C=O) groups excluding carboxylic acids is 1. The summed E-state index contributed by atoms with van der Waals surface area (Å²) in [6, 6.07) is 0.855. The lowest BCUT2D eigenvalue weighted by atomic mass is 9.63. The maximum Gasteiger partial charge on any atom is 0.210 e. The Kier molecular flexibility index (Phi) is 4.21. The summed E-state index contributed by atoms with van der Waals surface area (Å²) >= 11 is 0. The molecule has 2 saturated heterocycles. The van der Waals surface area contributed by atoms with E-state index in [1.54, 1.807) is 0 Å². The van der Waals surface area contributed by atoms with Crippen molar-refractivity contribution < 1.29 is 9.00 Å². The molecule has 3 rings (SSSR count). The highest BCUT2D eigenvalue weighted by molar-refractivity contribution is 7.84. The molecule has 1 amide bonds. The van der Waals surface area contributed by atoms with Crippen molar-refractivity contribution in [2.24, 2.45) is 11.3 Å². The number of nitrogens with zero attached hydrogens (tertiary/aromatic N) is 1. The van der Waals surface area contributed by atoms with Crippen LogP contribution in [0.4, 0.5) is 0 Å². The van der Waals surface area contributed by atoms with Crippen LogP contribution in [-0.2, 0) is 15.6 Å². The highest BCUT2D eigenvalue weighted by Crippen LogP contribution is 2.53. The Morgan fingerprint density at radius 1 is 1.10 bits per heavy atom. The minimum atomic E-state index is -0.726. The van der Waals surface area contributed by atoms with Gasteiger partial charge in [0.1, 0.15) is 0 Å². The second-order valence-corrected chi connectivity index (χ2v) is 8.70. The van der Waals surface area contributed by atoms with Crippen LogP contribution >= 0.6 is 0 Å². The van der Waals surface area contributed by atoms with Gasteiger partial charge in [-0.25, -0.2) is 0 Å². The summed E-state index contributed by atoms with van der Waals surface area (Å²) in [5.41, 5.74) is 0.255. The van der Waals surface area contributed by atoms with Crippen LogP contribution in [0.1, 0.15) is 57.8 Å². The van der Waals surface area contributed by atoms with Gasteiger partial charge in [0.05, 0.1) is 0 Å². The first kappa shape index (κ1) is 14.6. The monoisotopic (exact) mass is 297 g/mol. The molecule has 2 aliphatic heterocycles. The molecule has 3 unspecified atom stereocenters. The fourth-order valence-electron chi connectivity index (χ4n) is 5.28. The highest BCUT2D eigenvalue weighted by atomic mass is 32.2. The molecular weight excluding hydrogens is 270 g/mol. The van der Waals surface area contributed by atoms with E-state index in [4.69, 9.17) is 0 Å². The van der Waals surface area contributed by atoms with E-state index in [-0.39, 0.29) is 5.41 Å². The summed E-state index contributed by atoms with van der Waals surface area (Å²) in [6.45, 7) is 0. The maximum atomic E-state index is 12.0. The largest absolute Gasteiger partial charge is 0.339 e. The van der Waals surface area contributed by atoms with Crippen molar-refractivity contribution in [1.82, 2.24) is 4.90 Å². The van der Waals surface area contributed by atoms with E-state index in [9.17, 15) is 9.00 Å². The summed E-state index contributed by atoms with van der Waals surface area (Å²) < 4.78 is 12.0. The van der Waals surface area contributed by atoms with Crippen molar-refractivity contribution >= 4 is 17.2 Å². The number of carbonyl (C=O) groups is 1. The van der Waals surface area contributed by atoms with Crippen molar-refractivity contribution in [1.29, 1.82) is 0 Å². The molecule has 3 atom stereocenters. The molecule has 3 nitrogen and oxygen atoms in total. The van der Waals surface area contributed by atoms with Gasteiger partial charge in [-0.3, -0.25) is 9.00 Å². The zero-order chi connectivity index (χ0) is 14.2. The number of piperidine rings is 1. The molecule has 0 aromatic rings. The minimum Gasteiger partial charge on any atom is -0.339 e. The predicted molar refractivity (Wildman–Crippen MR) is 81.9 cm³/mol. The van der Waals surface area contributed by atoms with E-state index >= 15 is 0 Å². The van der Waals surface area contributed by atoms with Crippen molar-refractivity contribution in [3.63, 3.8) is 0 Å². The Morgan fingerprint density at radius 3 is 2.20 bits per heavy atom. The molecule has 0 N–H and O–H groups in total. The van der Waals surface area contributed by atoms with Crippen LogP contribution in [0.3, 0.4) is 0 Å². The molecule has 3 fully saturated rings. The Balaban J connectivity index is 1.84. The average Bonchev–Trinajstić information content (AvgIpc) is 2.70. The molecule has 0 spiro atoms. The number of fused-ring (bicyclic) bond motifs is 2. The normalized spacial score (nSPS) is 39.8. The van der Waals surface area contributed by atoms with E-state index in [0.29, 0.717) is 12.1 Å². The van der Waals surface area contributed by atoms with Gasteiger partial charge >= 0.3 is 0 Å². The maximum absolute atomic E-state index is 12.0. The standard InChI is InChI=1S/C16H27NO2S/c1-20(19)11-16(13-5-3-2-4-6-13)9-14-7-8-15(10-16)17(14)12-18/h12-15H,2-11H2,1H3. The van der Waals surface area contributed by atoms with Crippen molar-refractivity contribution in [2.75, 3.05) is 12.0 Å². The summed E-state index contributed by atoms with van der Waals surface area (Å²) in [5, 5.41) is 0. The van der Waals surface area contributed by atoms with Gasteiger partial charge in [-0.1, -0.05) is 19.3 Å². The molecule has 1 aliphatic carbocycles. The fourth-order valence-corrected chi connectivity index (χ4v) is 6.56. The molecule has 0 aromatic carbocycles. The third-order valence-corrected chi connectivity index (χ3v) is 7.03. The van der Waals surface area contributed by atoms with Gasteiger partial charge in [0.2, 0.25) is 6.41 Å². The van der Waals surface area contributed by atoms with Crippen LogP contribution < -0.4 is 0 Å². The number of rotatable bonds is 4. The topological polar surface area (TPSA) is 37.4 Å². The number of amides is 1. The highest BCUT2D eigenvalue weighted by Gasteiger charge is 2.51. The molecule has 114 valence electrons. The van der Waals surface area contributed by atoms with Gasteiger partial charge in [0.15, 0.2) is 0 Å². The zero-order valence-electron chi connectivity index (χ0n) is 12.6. The molecule has 1 saturated carbocycles. The predicted octanol–water partition coefficient (Wildman–Crippen LogP) is 2.71. The lowest BCUT2D eigenvalue weighted by molar-refractivity contribution is -0.125. The van der Waals surface area contributed by atoms with Gasteiger partial charge in [-0.15, -0.1) is 0 Å². The third kappa shape index (κ3) is 2.56. The summed E-state index contributed by atoms with van der Waals surface area (Å²) in [5.74, 6) is 1.61. The first-order valence-electron chi connectivity index (χ1n) is 8.17. The van der Waals surface area contributed by atoms with Crippen LogP contribution in [0.15, 0.2) is 0 Å². The Bertz CT molecular complexity index is 378. The lowest BCUT2D eigenvalue weighted by Crippen LogP contribution is -2.52. The average molecular weight is 297 g/mol. The van der Waals surface area contributed by atoms with E-state index in [1.807, 2.05) is 6.26 Å². The third-order valence-electron chi connectivity index (χ3n) is 6.04. The van der Waals surface area contributed by atoms with E-state index < -0.39 is 10.8 Å². The quantitative estimate of drug-likeness (QED) is 0.748. The van der Waals surface area contributed by atoms with Crippen LogP contribution in [-0.4, -0.2) is 39.6 Å². The number of hydrogen-bond acceptors (Lipinski definition) is 2. The number of hydrogen-bond donors (Lipinski definition) is 0. The Morgan fingerprint density at radius 2 is 1.70 bits per heavy atom.